The van der Waals surface area contributed by atoms with Crippen LogP contribution in [-0.2, 0) is 0 Å². The number of allylic oxidation sites excluding steroid dienone is 1. The van der Waals surface area contributed by atoms with Crippen LogP contribution in [0.1, 0.15) is 20.8 Å². The first kappa shape index (κ1) is 11.6. The monoisotopic (exact) mass is 183 g/mol. The van der Waals surface area contributed by atoms with Crippen molar-refractivity contribution in [3.8, 4) is 0 Å². The van der Waals surface area contributed by atoms with E-state index in [9.17, 15) is 4.39 Å². The first-order valence-electron chi connectivity index (χ1n) is 4.07. The molecule has 1 aromatic rings. The summed E-state index contributed by atoms with van der Waals surface area (Å²) in [5.41, 5.74) is 0.699. The Morgan fingerprint density at radius 3 is 2.38 bits per heavy atom. The van der Waals surface area contributed by atoms with E-state index in [4.69, 9.17) is 4.42 Å². The van der Waals surface area contributed by atoms with Gasteiger partial charge in [-0.1, -0.05) is 27.0 Å². The van der Waals surface area contributed by atoms with Crippen LogP contribution in [0.5, 0.6) is 0 Å². The number of oxazole rings is 1. The Morgan fingerprint density at radius 1 is 1.54 bits per heavy atom. The highest BCUT2D eigenvalue weighted by Crippen LogP contribution is 2.04. The van der Waals surface area contributed by atoms with Crippen molar-refractivity contribution in [3.05, 3.63) is 29.6 Å². The Balaban J connectivity index is 0.000000671. The summed E-state index contributed by atoms with van der Waals surface area (Å²) in [6.07, 6.45) is 1.23. The molecule has 2 nitrogen and oxygen atoms in total. The van der Waals surface area contributed by atoms with Gasteiger partial charge < -0.3 is 4.42 Å². The molecule has 0 spiro atoms. The van der Waals surface area contributed by atoms with Gasteiger partial charge in [0.15, 0.2) is 11.8 Å². The number of hydrogen-bond acceptors (Lipinski definition) is 2. The molecule has 0 amide bonds. The average molecular weight is 183 g/mol. The highest BCUT2D eigenvalue weighted by molar-refractivity contribution is 5.55. The van der Waals surface area contributed by atoms with E-state index in [1.807, 2.05) is 13.8 Å². The van der Waals surface area contributed by atoms with E-state index in [-0.39, 0.29) is 0 Å². The Kier molecular flexibility index (Phi) is 4.74. The maximum Gasteiger partial charge on any atom is 0.181 e. The van der Waals surface area contributed by atoms with Gasteiger partial charge in [0.25, 0.3) is 0 Å². The van der Waals surface area contributed by atoms with E-state index in [0.29, 0.717) is 16.3 Å². The third-order valence-corrected chi connectivity index (χ3v) is 1.39. The second kappa shape index (κ2) is 5.30. The lowest BCUT2D eigenvalue weighted by atomic mass is 10.3. The van der Waals surface area contributed by atoms with Crippen LogP contribution >= 0.6 is 0 Å². The number of aromatic nitrogens is 1. The zero-order valence-corrected chi connectivity index (χ0v) is 8.22. The molecule has 13 heavy (non-hydrogen) atoms. The van der Waals surface area contributed by atoms with E-state index in [0.717, 1.165) is 0 Å². The summed E-state index contributed by atoms with van der Waals surface area (Å²) in [6.45, 7) is 12.3. The molecule has 0 saturated heterocycles. The third-order valence-electron chi connectivity index (χ3n) is 1.39. The summed E-state index contributed by atoms with van der Waals surface area (Å²) in [7, 11) is 0. The van der Waals surface area contributed by atoms with Gasteiger partial charge in [-0.05, 0) is 6.92 Å². The quantitative estimate of drug-likeness (QED) is 0.663. The van der Waals surface area contributed by atoms with Crippen LogP contribution in [0.2, 0.25) is 0 Å². The normalized spacial score (nSPS) is 11.4. The van der Waals surface area contributed by atoms with Crippen LogP contribution in [0.15, 0.2) is 23.2 Å². The molecule has 1 aromatic heterocycles. The van der Waals surface area contributed by atoms with Crippen molar-refractivity contribution in [2.24, 2.45) is 0 Å². The largest absolute Gasteiger partial charge is 0.443 e. The van der Waals surface area contributed by atoms with Gasteiger partial charge in [-0.3, -0.25) is 0 Å². The van der Waals surface area contributed by atoms with Crippen molar-refractivity contribution < 1.29 is 8.81 Å². The minimum atomic E-state index is -0.522. The van der Waals surface area contributed by atoms with Gasteiger partial charge >= 0.3 is 0 Å². The van der Waals surface area contributed by atoms with E-state index < -0.39 is 5.83 Å². The van der Waals surface area contributed by atoms with Gasteiger partial charge in [-0.2, -0.15) is 0 Å². The Labute approximate surface area is 77.1 Å². The van der Waals surface area contributed by atoms with Gasteiger partial charge in [0.1, 0.15) is 11.2 Å². The van der Waals surface area contributed by atoms with Crippen LogP contribution in [0.3, 0.4) is 0 Å². The fourth-order valence-electron chi connectivity index (χ4n) is 0.697. The number of hydrogen-bond donors (Lipinski definition) is 0. The molecule has 1 rings (SSSR count). The second-order valence-corrected chi connectivity index (χ2v) is 2.16. The van der Waals surface area contributed by atoms with E-state index in [2.05, 4.69) is 18.1 Å². The maximum absolute atomic E-state index is 12.5. The molecule has 0 aromatic carbocycles. The van der Waals surface area contributed by atoms with Crippen molar-refractivity contribution in [2.75, 3.05) is 0 Å². The molecule has 0 saturated carbocycles. The summed E-state index contributed by atoms with van der Waals surface area (Å²) in [5.74, 6) is -0.522. The van der Waals surface area contributed by atoms with Crippen LogP contribution in [0.25, 0.3) is 12.2 Å². The lowest BCUT2D eigenvalue weighted by Crippen LogP contribution is -2.22. The predicted molar refractivity (Wildman–Crippen MR) is 52.0 cm³/mol. The Hall–Kier alpha value is -1.38. The minimum Gasteiger partial charge on any atom is -0.443 e. The molecule has 0 bridgehead atoms. The lowest BCUT2D eigenvalue weighted by Gasteiger charge is -1.88. The van der Waals surface area contributed by atoms with E-state index >= 15 is 0 Å². The molecule has 0 unspecified atom stereocenters. The standard InChI is InChI=1S/C8H8FNO.C2H6/c1-5(6(2)9)8-7(3)10-4-11-8;1-2/h4H,2-3H2,1H3;1-2H3/b8-5+;. The number of halogens is 1. The smallest absolute Gasteiger partial charge is 0.181 e. The van der Waals surface area contributed by atoms with Crippen molar-refractivity contribution >= 4 is 12.2 Å². The summed E-state index contributed by atoms with van der Waals surface area (Å²) >= 11 is 0. The number of nitrogens with zero attached hydrogens (tertiary/aromatic N) is 1. The molecule has 0 radical (unpaired) electrons. The van der Waals surface area contributed by atoms with Gasteiger partial charge in [-0.25, -0.2) is 9.37 Å². The summed E-state index contributed by atoms with van der Waals surface area (Å²) < 4.78 is 17.4. The lowest BCUT2D eigenvalue weighted by molar-refractivity contribution is 0.518. The molecule has 0 aliphatic carbocycles. The fraction of sp³-hybridized carbons (Fsp3) is 0.300. The highest BCUT2D eigenvalue weighted by Gasteiger charge is 1.98. The second-order valence-electron chi connectivity index (χ2n) is 2.16. The Bertz CT molecular complexity index is 378. The zero-order chi connectivity index (χ0) is 10.4. The van der Waals surface area contributed by atoms with Crippen molar-refractivity contribution in [3.63, 3.8) is 0 Å². The molecule has 0 fully saturated rings. The zero-order valence-electron chi connectivity index (χ0n) is 8.22. The SMILES string of the molecule is C=C(F)/C(C)=c1/ocnc1=C.CC. The average Bonchev–Trinajstić information content (AvgIpc) is 2.53. The van der Waals surface area contributed by atoms with Crippen molar-refractivity contribution in [2.45, 2.75) is 20.8 Å². The first-order valence-corrected chi connectivity index (χ1v) is 4.07. The summed E-state index contributed by atoms with van der Waals surface area (Å²) in [5, 5.41) is 0.432. The van der Waals surface area contributed by atoms with Crippen molar-refractivity contribution in [1.82, 2.24) is 4.98 Å². The summed E-state index contributed by atoms with van der Waals surface area (Å²) in [4.78, 5) is 3.71. The van der Waals surface area contributed by atoms with Gasteiger partial charge in [0, 0.05) is 5.57 Å². The molecule has 1 heterocycles. The van der Waals surface area contributed by atoms with E-state index in [1.165, 1.54) is 6.39 Å². The molecular formula is C10H14FNO. The Morgan fingerprint density at radius 2 is 2.08 bits per heavy atom. The molecule has 3 heteroatoms. The fourth-order valence-corrected chi connectivity index (χ4v) is 0.697. The molecule has 0 atom stereocenters. The highest BCUT2D eigenvalue weighted by atomic mass is 19.1. The first-order chi connectivity index (χ1) is 6.13. The van der Waals surface area contributed by atoms with Gasteiger partial charge in [0.2, 0.25) is 0 Å². The molecule has 0 aliphatic rings. The predicted octanol–water partition coefficient (Wildman–Crippen LogP) is 1.76. The van der Waals surface area contributed by atoms with Gasteiger partial charge in [-0.15, -0.1) is 0 Å². The van der Waals surface area contributed by atoms with Crippen LogP contribution in [0, 0.1) is 0 Å². The molecular weight excluding hydrogens is 169 g/mol. The third kappa shape index (κ3) is 2.86. The molecule has 0 aliphatic heterocycles. The molecule has 0 N–H and O–H groups in total. The van der Waals surface area contributed by atoms with Crippen molar-refractivity contribution in [1.29, 1.82) is 0 Å². The summed E-state index contributed by atoms with van der Waals surface area (Å²) in [6, 6.07) is 0. The van der Waals surface area contributed by atoms with Crippen LogP contribution < -0.4 is 10.8 Å². The van der Waals surface area contributed by atoms with E-state index in [1.54, 1.807) is 6.92 Å². The number of rotatable bonds is 1. The van der Waals surface area contributed by atoms with Crippen LogP contribution in [0.4, 0.5) is 4.39 Å². The molecule has 72 valence electrons. The topological polar surface area (TPSA) is 26.0 Å². The minimum absolute atomic E-state index is 0.340. The van der Waals surface area contributed by atoms with Gasteiger partial charge in [0.05, 0.1) is 0 Å². The maximum atomic E-state index is 12.5. The van der Waals surface area contributed by atoms with Crippen LogP contribution in [-0.4, -0.2) is 4.98 Å².